The molecular formula is C12H19N2O3P. The molecule has 0 aromatic heterocycles. The van der Waals surface area contributed by atoms with Crippen molar-refractivity contribution in [2.24, 2.45) is 0 Å². The quantitative estimate of drug-likeness (QED) is 0.825. The number of amides is 1. The van der Waals surface area contributed by atoms with Crippen LogP contribution in [0.5, 0.6) is 0 Å². The van der Waals surface area contributed by atoms with Crippen LogP contribution in [0.25, 0.3) is 0 Å². The van der Waals surface area contributed by atoms with E-state index in [0.717, 1.165) is 0 Å². The van der Waals surface area contributed by atoms with Crippen LogP contribution in [-0.2, 0) is 9.09 Å². The standard InChI is InChI=1S/C12H19N2O3P/c1-12(2,3)14-18(16,17-4)13-11(15)10-8-6-5-7-9-10/h5-9H,1-4H3,(H2,13,14,15,16). The molecule has 1 aromatic rings. The monoisotopic (exact) mass is 270 g/mol. The predicted molar refractivity (Wildman–Crippen MR) is 71.4 cm³/mol. The van der Waals surface area contributed by atoms with Crippen LogP contribution in [0, 0.1) is 0 Å². The highest BCUT2D eigenvalue weighted by atomic mass is 31.2. The zero-order valence-corrected chi connectivity index (χ0v) is 12.0. The van der Waals surface area contributed by atoms with E-state index < -0.39 is 19.1 Å². The van der Waals surface area contributed by atoms with Crippen LogP contribution in [0.4, 0.5) is 0 Å². The van der Waals surface area contributed by atoms with Gasteiger partial charge < -0.3 is 4.52 Å². The van der Waals surface area contributed by atoms with Crippen molar-refractivity contribution in [3.05, 3.63) is 35.9 Å². The molecule has 0 bridgehead atoms. The maximum absolute atomic E-state index is 12.3. The molecule has 6 heteroatoms. The van der Waals surface area contributed by atoms with Gasteiger partial charge in [-0.1, -0.05) is 18.2 Å². The van der Waals surface area contributed by atoms with Gasteiger partial charge in [-0.05, 0) is 32.9 Å². The lowest BCUT2D eigenvalue weighted by Gasteiger charge is -2.27. The first-order valence-electron chi connectivity index (χ1n) is 5.59. The van der Waals surface area contributed by atoms with Crippen molar-refractivity contribution in [2.45, 2.75) is 26.3 Å². The maximum Gasteiger partial charge on any atom is 0.368 e. The highest BCUT2D eigenvalue weighted by Crippen LogP contribution is 2.39. The third kappa shape index (κ3) is 4.61. The Morgan fingerprint density at radius 1 is 1.22 bits per heavy atom. The SMILES string of the molecule is COP(=O)(NC(=O)c1ccccc1)NC(C)(C)C. The number of benzene rings is 1. The Morgan fingerprint density at radius 3 is 2.22 bits per heavy atom. The van der Waals surface area contributed by atoms with Gasteiger partial charge in [-0.3, -0.25) is 9.88 Å². The Balaban J connectivity index is 2.81. The van der Waals surface area contributed by atoms with E-state index >= 15 is 0 Å². The van der Waals surface area contributed by atoms with Crippen LogP contribution < -0.4 is 10.2 Å². The molecule has 0 aliphatic rings. The van der Waals surface area contributed by atoms with Gasteiger partial charge in [-0.15, -0.1) is 0 Å². The summed E-state index contributed by atoms with van der Waals surface area (Å²) in [6, 6.07) is 8.58. The molecule has 0 fully saturated rings. The Bertz CT molecular complexity index is 454. The lowest BCUT2D eigenvalue weighted by molar-refractivity contribution is 0.0974. The molecule has 2 N–H and O–H groups in total. The largest absolute Gasteiger partial charge is 0.368 e. The van der Waals surface area contributed by atoms with Gasteiger partial charge in [-0.25, -0.2) is 9.65 Å². The topological polar surface area (TPSA) is 67.4 Å². The molecule has 18 heavy (non-hydrogen) atoms. The van der Waals surface area contributed by atoms with Gasteiger partial charge in [0.05, 0.1) is 0 Å². The first-order valence-corrected chi connectivity index (χ1v) is 7.21. The predicted octanol–water partition coefficient (Wildman–Crippen LogP) is 2.56. The van der Waals surface area contributed by atoms with E-state index in [-0.39, 0.29) is 0 Å². The van der Waals surface area contributed by atoms with Crippen molar-refractivity contribution < 1.29 is 13.9 Å². The maximum atomic E-state index is 12.3. The molecule has 0 saturated heterocycles. The molecule has 0 spiro atoms. The number of carbonyl (C=O) groups is 1. The second-order valence-electron chi connectivity index (χ2n) is 4.90. The van der Waals surface area contributed by atoms with Gasteiger partial charge in [-0.2, -0.15) is 0 Å². The zero-order valence-electron chi connectivity index (χ0n) is 11.1. The normalized spacial score (nSPS) is 14.9. The second-order valence-corrected chi connectivity index (χ2v) is 6.82. The molecule has 100 valence electrons. The summed E-state index contributed by atoms with van der Waals surface area (Å²) in [5.41, 5.74) is 0.000619. The Kier molecular flexibility index (Phi) is 4.68. The molecule has 1 rings (SSSR count). The van der Waals surface area contributed by atoms with Crippen LogP contribution in [0.2, 0.25) is 0 Å². The summed E-state index contributed by atoms with van der Waals surface area (Å²) in [5, 5.41) is 5.18. The van der Waals surface area contributed by atoms with E-state index in [1.807, 2.05) is 20.8 Å². The lowest BCUT2D eigenvalue weighted by Crippen LogP contribution is -2.39. The molecule has 1 atom stereocenters. The smallest absolute Gasteiger partial charge is 0.305 e. The summed E-state index contributed by atoms with van der Waals surface area (Å²) >= 11 is 0. The van der Waals surface area contributed by atoms with Crippen molar-refractivity contribution >= 4 is 13.6 Å². The van der Waals surface area contributed by atoms with Crippen molar-refractivity contribution in [1.29, 1.82) is 0 Å². The van der Waals surface area contributed by atoms with Gasteiger partial charge in [0.1, 0.15) is 0 Å². The fourth-order valence-corrected chi connectivity index (χ4v) is 2.87. The molecule has 5 nitrogen and oxygen atoms in total. The molecule has 0 radical (unpaired) electrons. The molecule has 0 saturated carbocycles. The van der Waals surface area contributed by atoms with Crippen LogP contribution in [0.3, 0.4) is 0 Å². The van der Waals surface area contributed by atoms with Crippen LogP contribution in [0.15, 0.2) is 30.3 Å². The van der Waals surface area contributed by atoms with E-state index in [2.05, 4.69) is 10.2 Å². The van der Waals surface area contributed by atoms with Crippen molar-refractivity contribution in [1.82, 2.24) is 10.2 Å². The minimum atomic E-state index is -3.39. The molecule has 1 aromatic carbocycles. The molecule has 1 amide bonds. The minimum Gasteiger partial charge on any atom is -0.305 e. The summed E-state index contributed by atoms with van der Waals surface area (Å²) in [6.07, 6.45) is 0. The molecule has 0 aliphatic carbocycles. The molecule has 0 aliphatic heterocycles. The Morgan fingerprint density at radius 2 is 1.78 bits per heavy atom. The van der Waals surface area contributed by atoms with Gasteiger partial charge >= 0.3 is 7.67 Å². The molecular weight excluding hydrogens is 251 g/mol. The first kappa shape index (κ1) is 14.9. The molecule has 0 heterocycles. The fourth-order valence-electron chi connectivity index (χ4n) is 1.35. The highest BCUT2D eigenvalue weighted by molar-refractivity contribution is 7.55. The average Bonchev–Trinajstić information content (AvgIpc) is 2.27. The number of nitrogens with one attached hydrogen (secondary N) is 2. The van der Waals surface area contributed by atoms with E-state index in [9.17, 15) is 9.36 Å². The van der Waals surface area contributed by atoms with Crippen LogP contribution in [0.1, 0.15) is 31.1 Å². The first-order chi connectivity index (χ1) is 8.26. The van der Waals surface area contributed by atoms with Crippen molar-refractivity contribution in [3.63, 3.8) is 0 Å². The van der Waals surface area contributed by atoms with E-state index in [0.29, 0.717) is 5.56 Å². The number of carbonyl (C=O) groups excluding carboxylic acids is 1. The molecule has 1 unspecified atom stereocenters. The number of hydrogen-bond acceptors (Lipinski definition) is 3. The van der Waals surface area contributed by atoms with E-state index in [1.165, 1.54) is 7.11 Å². The Labute approximate surface area is 107 Å². The van der Waals surface area contributed by atoms with Crippen molar-refractivity contribution in [3.8, 4) is 0 Å². The summed E-state index contributed by atoms with van der Waals surface area (Å²) in [5.74, 6) is -0.433. The zero-order chi connectivity index (χ0) is 13.8. The second kappa shape index (κ2) is 5.65. The summed E-state index contributed by atoms with van der Waals surface area (Å²) < 4.78 is 17.2. The summed E-state index contributed by atoms with van der Waals surface area (Å²) in [4.78, 5) is 11.9. The van der Waals surface area contributed by atoms with Crippen LogP contribution in [-0.4, -0.2) is 18.6 Å². The van der Waals surface area contributed by atoms with Gasteiger partial charge in [0.2, 0.25) is 0 Å². The third-order valence-electron chi connectivity index (χ3n) is 2.02. The van der Waals surface area contributed by atoms with Gasteiger partial charge in [0, 0.05) is 18.2 Å². The van der Waals surface area contributed by atoms with Crippen LogP contribution >= 0.6 is 7.67 Å². The minimum absolute atomic E-state index is 0.433. The van der Waals surface area contributed by atoms with Crippen molar-refractivity contribution in [2.75, 3.05) is 7.11 Å². The summed E-state index contributed by atoms with van der Waals surface area (Å²) in [7, 11) is -2.10. The number of rotatable bonds is 4. The summed E-state index contributed by atoms with van der Waals surface area (Å²) in [6.45, 7) is 5.52. The Hall–Kier alpha value is -1.16. The van der Waals surface area contributed by atoms with Gasteiger partial charge in [0.25, 0.3) is 5.91 Å². The number of hydrogen-bond donors (Lipinski definition) is 2. The van der Waals surface area contributed by atoms with Gasteiger partial charge in [0.15, 0.2) is 0 Å². The van der Waals surface area contributed by atoms with E-state index in [4.69, 9.17) is 4.52 Å². The lowest BCUT2D eigenvalue weighted by atomic mass is 10.1. The highest BCUT2D eigenvalue weighted by Gasteiger charge is 2.29. The van der Waals surface area contributed by atoms with E-state index in [1.54, 1.807) is 30.3 Å². The fraction of sp³-hybridized carbons (Fsp3) is 0.417. The average molecular weight is 270 g/mol. The third-order valence-corrected chi connectivity index (χ3v) is 4.00.